The number of nitrogens with zero attached hydrogens (tertiary/aromatic N) is 1. The number of rotatable bonds is 10. The van der Waals surface area contributed by atoms with Gasteiger partial charge in [-0.05, 0) is 57.2 Å². The van der Waals surface area contributed by atoms with E-state index in [0.717, 1.165) is 31.2 Å². The third kappa shape index (κ3) is 4.62. The molecular formula is C29H34FN3O6. The van der Waals surface area contributed by atoms with Crippen molar-refractivity contribution in [3.05, 3.63) is 51.6 Å². The standard InChI is InChI=1S/C29H34FN3O6/c1-3-37-19-10-9-17(14-20(19)38-4-2)8-7-13-32-24-22(30)23(31)21-25-27(24)39-16-29(11-5-6-12-29)33(25)15-18(26(21)34)28(35)36/h9-10,14-15,32H,3-8,11-13,16,31H2,1-2H3,(H,35,36). The molecule has 0 saturated heterocycles. The number of fused-ring (bicyclic) bond motifs is 1. The molecule has 1 spiro atoms. The van der Waals surface area contributed by atoms with E-state index in [9.17, 15) is 14.7 Å². The molecule has 1 aliphatic heterocycles. The SMILES string of the molecule is CCOc1ccc(CCCNc2c(F)c(N)c3c(=O)c(C(=O)O)cn4c3c2OCC42CCCC2)cc1OCC. The second-order valence-corrected chi connectivity index (χ2v) is 10.1. The highest BCUT2D eigenvalue weighted by Gasteiger charge is 2.43. The van der Waals surface area contributed by atoms with Gasteiger partial charge in [0.05, 0.1) is 35.3 Å². The van der Waals surface area contributed by atoms with Gasteiger partial charge in [-0.25, -0.2) is 9.18 Å². The van der Waals surface area contributed by atoms with Crippen molar-refractivity contribution in [2.45, 2.75) is 57.9 Å². The predicted molar refractivity (Wildman–Crippen MR) is 147 cm³/mol. The Morgan fingerprint density at radius 1 is 1.21 bits per heavy atom. The second-order valence-electron chi connectivity index (χ2n) is 10.1. The zero-order chi connectivity index (χ0) is 27.7. The smallest absolute Gasteiger partial charge is 0.341 e. The van der Waals surface area contributed by atoms with Gasteiger partial charge in [0.15, 0.2) is 23.1 Å². The first-order valence-corrected chi connectivity index (χ1v) is 13.5. The quantitative estimate of drug-likeness (QED) is 0.245. The van der Waals surface area contributed by atoms with Crippen LogP contribution >= 0.6 is 0 Å². The number of halogens is 1. The molecule has 0 amide bonds. The Morgan fingerprint density at radius 3 is 2.62 bits per heavy atom. The lowest BCUT2D eigenvalue weighted by Gasteiger charge is -2.39. The zero-order valence-electron chi connectivity index (χ0n) is 22.3. The van der Waals surface area contributed by atoms with Crippen LogP contribution in [0.1, 0.15) is 61.9 Å². The molecule has 2 aromatic carbocycles. The Kier molecular flexibility index (Phi) is 7.29. The van der Waals surface area contributed by atoms with Crippen LogP contribution in [0.25, 0.3) is 10.9 Å². The molecule has 39 heavy (non-hydrogen) atoms. The van der Waals surface area contributed by atoms with Gasteiger partial charge < -0.3 is 34.9 Å². The summed E-state index contributed by atoms with van der Waals surface area (Å²) in [5, 5.41) is 12.7. The van der Waals surface area contributed by atoms with E-state index in [0.29, 0.717) is 49.6 Å². The average Bonchev–Trinajstić information content (AvgIpc) is 3.38. The molecule has 0 radical (unpaired) electrons. The first-order valence-electron chi connectivity index (χ1n) is 13.5. The first kappa shape index (κ1) is 26.6. The Hall–Kier alpha value is -3.95. The van der Waals surface area contributed by atoms with Gasteiger partial charge in [0, 0.05) is 12.7 Å². The Labute approximate surface area is 225 Å². The minimum absolute atomic E-state index is 0.0887. The van der Waals surface area contributed by atoms with Crippen molar-refractivity contribution in [3.8, 4) is 17.2 Å². The number of benzene rings is 2. The fourth-order valence-corrected chi connectivity index (χ4v) is 5.83. The summed E-state index contributed by atoms with van der Waals surface area (Å²) in [5.74, 6) is -0.594. The van der Waals surface area contributed by atoms with Crippen LogP contribution in [0, 0.1) is 5.82 Å². The summed E-state index contributed by atoms with van der Waals surface area (Å²) in [7, 11) is 0. The van der Waals surface area contributed by atoms with Crippen molar-refractivity contribution in [1.82, 2.24) is 4.57 Å². The monoisotopic (exact) mass is 539 g/mol. The summed E-state index contributed by atoms with van der Waals surface area (Å²) in [6, 6.07) is 5.83. The molecule has 1 aliphatic carbocycles. The number of carboxylic acids is 1. The number of pyridine rings is 1. The number of hydrogen-bond donors (Lipinski definition) is 3. The van der Waals surface area contributed by atoms with Gasteiger partial charge in [-0.3, -0.25) is 4.79 Å². The fraction of sp³-hybridized carbons (Fsp3) is 0.448. The molecule has 0 unspecified atom stereocenters. The average molecular weight is 540 g/mol. The third-order valence-corrected chi connectivity index (χ3v) is 7.69. The maximum atomic E-state index is 15.6. The highest BCUT2D eigenvalue weighted by atomic mass is 19.1. The molecule has 2 aliphatic rings. The molecule has 208 valence electrons. The number of aromatic nitrogens is 1. The number of nitrogen functional groups attached to an aromatic ring is 1. The third-order valence-electron chi connectivity index (χ3n) is 7.69. The molecule has 0 bridgehead atoms. The largest absolute Gasteiger partial charge is 0.490 e. The summed E-state index contributed by atoms with van der Waals surface area (Å²) in [4.78, 5) is 25.0. The number of carbonyl (C=O) groups is 1. The van der Waals surface area contributed by atoms with Gasteiger partial charge in [-0.15, -0.1) is 0 Å². The molecule has 4 N–H and O–H groups in total. The zero-order valence-corrected chi connectivity index (χ0v) is 22.3. The normalized spacial score (nSPS) is 15.4. The highest BCUT2D eigenvalue weighted by molar-refractivity contribution is 6.03. The molecule has 0 atom stereocenters. The van der Waals surface area contributed by atoms with E-state index in [-0.39, 0.29) is 29.1 Å². The van der Waals surface area contributed by atoms with Crippen molar-refractivity contribution >= 4 is 28.2 Å². The van der Waals surface area contributed by atoms with E-state index < -0.39 is 28.3 Å². The highest BCUT2D eigenvalue weighted by Crippen LogP contribution is 2.48. The molecule has 1 aromatic heterocycles. The summed E-state index contributed by atoms with van der Waals surface area (Å²) in [5.41, 5.74) is 5.58. The van der Waals surface area contributed by atoms with Crippen LogP contribution in [0.3, 0.4) is 0 Å². The van der Waals surface area contributed by atoms with Crippen molar-refractivity contribution in [2.75, 3.05) is 37.4 Å². The van der Waals surface area contributed by atoms with Crippen LogP contribution in [-0.2, 0) is 12.0 Å². The molecule has 10 heteroatoms. The fourth-order valence-electron chi connectivity index (χ4n) is 5.83. The lowest BCUT2D eigenvalue weighted by molar-refractivity contribution is 0.0692. The van der Waals surface area contributed by atoms with E-state index in [2.05, 4.69) is 5.32 Å². The summed E-state index contributed by atoms with van der Waals surface area (Å²) < 4.78 is 34.9. The number of aromatic carboxylic acids is 1. The van der Waals surface area contributed by atoms with E-state index in [1.54, 1.807) is 0 Å². The predicted octanol–water partition coefficient (Wildman–Crippen LogP) is 4.92. The second kappa shape index (κ2) is 10.7. The number of carboxylic acid groups (broad SMARTS) is 1. The van der Waals surface area contributed by atoms with Crippen LogP contribution < -0.4 is 30.7 Å². The van der Waals surface area contributed by atoms with E-state index in [4.69, 9.17) is 19.9 Å². The van der Waals surface area contributed by atoms with Crippen LogP contribution in [0.2, 0.25) is 0 Å². The van der Waals surface area contributed by atoms with Crippen LogP contribution in [0.4, 0.5) is 15.8 Å². The van der Waals surface area contributed by atoms with Crippen molar-refractivity contribution in [3.63, 3.8) is 0 Å². The Bertz CT molecular complexity index is 1480. The maximum absolute atomic E-state index is 15.6. The van der Waals surface area contributed by atoms with Gasteiger partial charge in [-0.1, -0.05) is 18.9 Å². The number of nitrogens with two attached hydrogens (primary N) is 1. The molecule has 3 aromatic rings. The summed E-state index contributed by atoms with van der Waals surface area (Å²) in [6.07, 6.45) is 6.21. The molecular weight excluding hydrogens is 505 g/mol. The molecule has 1 fully saturated rings. The molecule has 1 saturated carbocycles. The van der Waals surface area contributed by atoms with Crippen molar-refractivity contribution < 1.29 is 28.5 Å². The van der Waals surface area contributed by atoms with E-state index in [1.165, 1.54) is 6.20 Å². The number of aryl methyl sites for hydroxylation is 1. The summed E-state index contributed by atoms with van der Waals surface area (Å²) >= 11 is 0. The number of hydrogen-bond acceptors (Lipinski definition) is 7. The molecule has 2 heterocycles. The Balaban J connectivity index is 1.46. The van der Waals surface area contributed by atoms with E-state index >= 15 is 4.39 Å². The van der Waals surface area contributed by atoms with Gasteiger partial charge >= 0.3 is 5.97 Å². The van der Waals surface area contributed by atoms with Gasteiger partial charge in [-0.2, -0.15) is 0 Å². The molecule has 5 rings (SSSR count). The van der Waals surface area contributed by atoms with Crippen LogP contribution in [-0.4, -0.2) is 42.0 Å². The lowest BCUT2D eigenvalue weighted by Crippen LogP contribution is -2.42. The molecule has 9 nitrogen and oxygen atoms in total. The van der Waals surface area contributed by atoms with Gasteiger partial charge in [0.25, 0.3) is 0 Å². The van der Waals surface area contributed by atoms with Gasteiger partial charge in [0.2, 0.25) is 5.43 Å². The Morgan fingerprint density at radius 2 is 1.92 bits per heavy atom. The lowest BCUT2D eigenvalue weighted by atomic mass is 9.93. The van der Waals surface area contributed by atoms with Crippen LogP contribution in [0.5, 0.6) is 17.2 Å². The summed E-state index contributed by atoms with van der Waals surface area (Å²) in [6.45, 7) is 5.58. The topological polar surface area (TPSA) is 125 Å². The first-order chi connectivity index (χ1) is 18.8. The minimum atomic E-state index is -1.37. The number of ether oxygens (including phenoxy) is 3. The van der Waals surface area contributed by atoms with E-state index in [1.807, 2.05) is 36.6 Å². The van der Waals surface area contributed by atoms with Crippen molar-refractivity contribution in [1.29, 1.82) is 0 Å². The number of anilines is 2. The minimum Gasteiger partial charge on any atom is -0.490 e. The van der Waals surface area contributed by atoms with Crippen LogP contribution in [0.15, 0.2) is 29.2 Å². The van der Waals surface area contributed by atoms with Crippen molar-refractivity contribution in [2.24, 2.45) is 0 Å². The number of nitrogens with one attached hydrogen (secondary N) is 1. The maximum Gasteiger partial charge on any atom is 0.341 e. The van der Waals surface area contributed by atoms with Gasteiger partial charge in [0.1, 0.15) is 17.9 Å².